The van der Waals surface area contributed by atoms with Gasteiger partial charge in [0.25, 0.3) is 0 Å². The minimum Gasteiger partial charge on any atom is -0.492 e. The lowest BCUT2D eigenvalue weighted by Crippen LogP contribution is -2.39. The third-order valence-electron chi connectivity index (χ3n) is 3.38. The van der Waals surface area contributed by atoms with Crippen LogP contribution >= 0.6 is 0 Å². The SMILES string of the molecule is Cc1noc(C)c1CNC(=O)N(C)CCOc1ccccc1. The number of ether oxygens (including phenoxy) is 1. The third-order valence-corrected chi connectivity index (χ3v) is 3.38. The van der Waals surface area contributed by atoms with Crippen molar-refractivity contribution in [2.24, 2.45) is 0 Å². The molecule has 1 aromatic heterocycles. The molecule has 0 unspecified atom stereocenters. The van der Waals surface area contributed by atoms with Crippen molar-refractivity contribution in [2.75, 3.05) is 20.2 Å². The van der Waals surface area contributed by atoms with Crippen LogP contribution in [0.2, 0.25) is 0 Å². The van der Waals surface area contributed by atoms with E-state index in [0.717, 1.165) is 22.8 Å². The molecule has 0 aliphatic heterocycles. The van der Waals surface area contributed by atoms with Crippen molar-refractivity contribution in [3.8, 4) is 5.75 Å². The van der Waals surface area contributed by atoms with E-state index < -0.39 is 0 Å². The monoisotopic (exact) mass is 303 g/mol. The minimum absolute atomic E-state index is 0.156. The van der Waals surface area contributed by atoms with Crippen LogP contribution in [0.15, 0.2) is 34.9 Å². The highest BCUT2D eigenvalue weighted by Gasteiger charge is 2.12. The first-order chi connectivity index (χ1) is 10.6. The first kappa shape index (κ1) is 15.9. The molecule has 0 fully saturated rings. The van der Waals surface area contributed by atoms with Crippen LogP contribution < -0.4 is 10.1 Å². The van der Waals surface area contributed by atoms with Gasteiger partial charge in [-0.15, -0.1) is 0 Å². The van der Waals surface area contributed by atoms with E-state index in [9.17, 15) is 4.79 Å². The van der Waals surface area contributed by atoms with Gasteiger partial charge in [-0.1, -0.05) is 23.4 Å². The van der Waals surface area contributed by atoms with Crippen LogP contribution in [0.25, 0.3) is 0 Å². The van der Waals surface area contributed by atoms with E-state index in [1.54, 1.807) is 11.9 Å². The van der Waals surface area contributed by atoms with Crippen LogP contribution in [-0.2, 0) is 6.54 Å². The van der Waals surface area contributed by atoms with Gasteiger partial charge in [0.05, 0.1) is 12.2 Å². The first-order valence-corrected chi connectivity index (χ1v) is 7.16. The lowest BCUT2D eigenvalue weighted by atomic mass is 10.2. The maximum atomic E-state index is 12.0. The Bertz CT molecular complexity index is 591. The van der Waals surface area contributed by atoms with Crippen LogP contribution in [0.5, 0.6) is 5.75 Å². The summed E-state index contributed by atoms with van der Waals surface area (Å²) < 4.78 is 10.6. The number of rotatable bonds is 6. The molecule has 0 aliphatic rings. The summed E-state index contributed by atoms with van der Waals surface area (Å²) in [7, 11) is 1.73. The lowest BCUT2D eigenvalue weighted by Gasteiger charge is -2.18. The topological polar surface area (TPSA) is 67.6 Å². The summed E-state index contributed by atoms with van der Waals surface area (Å²) >= 11 is 0. The number of nitrogens with one attached hydrogen (secondary N) is 1. The highest BCUT2D eigenvalue weighted by Crippen LogP contribution is 2.11. The van der Waals surface area contributed by atoms with E-state index in [-0.39, 0.29) is 6.03 Å². The maximum Gasteiger partial charge on any atom is 0.317 e. The summed E-state index contributed by atoms with van der Waals surface area (Å²) in [6, 6.07) is 9.37. The van der Waals surface area contributed by atoms with Gasteiger partial charge in [0, 0.05) is 19.2 Å². The smallest absolute Gasteiger partial charge is 0.317 e. The summed E-state index contributed by atoms with van der Waals surface area (Å²) in [6.45, 7) is 5.04. The molecule has 0 bridgehead atoms. The zero-order valence-corrected chi connectivity index (χ0v) is 13.1. The Labute approximate surface area is 130 Å². The molecule has 0 saturated carbocycles. The van der Waals surface area contributed by atoms with E-state index in [1.807, 2.05) is 44.2 Å². The van der Waals surface area contributed by atoms with E-state index in [0.29, 0.717) is 19.7 Å². The van der Waals surface area contributed by atoms with Gasteiger partial charge in [-0.05, 0) is 26.0 Å². The van der Waals surface area contributed by atoms with E-state index >= 15 is 0 Å². The first-order valence-electron chi connectivity index (χ1n) is 7.16. The number of amides is 2. The van der Waals surface area contributed by atoms with Crippen LogP contribution in [0.1, 0.15) is 17.0 Å². The molecule has 0 saturated heterocycles. The molecule has 1 heterocycles. The van der Waals surface area contributed by atoms with Gasteiger partial charge >= 0.3 is 6.03 Å². The predicted octanol–water partition coefficient (Wildman–Crippen LogP) is 2.51. The average molecular weight is 303 g/mol. The number of hydrogen-bond donors (Lipinski definition) is 1. The molecule has 118 valence electrons. The molecule has 1 aromatic carbocycles. The van der Waals surface area contributed by atoms with Gasteiger partial charge < -0.3 is 19.5 Å². The fourth-order valence-electron chi connectivity index (χ4n) is 1.97. The van der Waals surface area contributed by atoms with Crippen LogP contribution in [0, 0.1) is 13.8 Å². The van der Waals surface area contributed by atoms with Gasteiger partial charge in [0.2, 0.25) is 0 Å². The number of aryl methyl sites for hydroxylation is 2. The largest absolute Gasteiger partial charge is 0.492 e. The molecule has 22 heavy (non-hydrogen) atoms. The van der Waals surface area contributed by atoms with Gasteiger partial charge in [0.1, 0.15) is 18.1 Å². The van der Waals surface area contributed by atoms with Crippen molar-refractivity contribution in [3.05, 3.63) is 47.3 Å². The zero-order valence-electron chi connectivity index (χ0n) is 13.1. The molecular weight excluding hydrogens is 282 g/mol. The highest BCUT2D eigenvalue weighted by atomic mass is 16.5. The lowest BCUT2D eigenvalue weighted by molar-refractivity contribution is 0.195. The molecule has 2 rings (SSSR count). The Hall–Kier alpha value is -2.50. The number of urea groups is 1. The Morgan fingerprint density at radius 3 is 2.68 bits per heavy atom. The Morgan fingerprint density at radius 1 is 1.32 bits per heavy atom. The maximum absolute atomic E-state index is 12.0. The summed E-state index contributed by atoms with van der Waals surface area (Å²) in [5.41, 5.74) is 1.72. The second-order valence-electron chi connectivity index (χ2n) is 5.04. The fourth-order valence-corrected chi connectivity index (χ4v) is 1.97. The summed E-state index contributed by atoms with van der Waals surface area (Å²) in [5.74, 6) is 1.53. The molecule has 0 aliphatic carbocycles. The number of nitrogens with zero attached hydrogens (tertiary/aromatic N) is 2. The van der Waals surface area contributed by atoms with Gasteiger partial charge in [-0.3, -0.25) is 0 Å². The molecule has 0 atom stereocenters. The Morgan fingerprint density at radius 2 is 2.05 bits per heavy atom. The quantitative estimate of drug-likeness (QED) is 0.890. The van der Waals surface area contributed by atoms with Crippen LogP contribution in [-0.4, -0.2) is 36.3 Å². The van der Waals surface area contributed by atoms with Gasteiger partial charge in [-0.25, -0.2) is 4.79 Å². The summed E-state index contributed by atoms with van der Waals surface area (Å²) in [5, 5.41) is 6.71. The molecule has 6 heteroatoms. The molecular formula is C16H21N3O3. The molecule has 1 N–H and O–H groups in total. The van der Waals surface area contributed by atoms with Gasteiger partial charge in [-0.2, -0.15) is 0 Å². The number of aromatic nitrogens is 1. The highest BCUT2D eigenvalue weighted by molar-refractivity contribution is 5.73. The number of hydrogen-bond acceptors (Lipinski definition) is 4. The van der Waals surface area contributed by atoms with Gasteiger partial charge in [0.15, 0.2) is 0 Å². The standard InChI is InChI=1S/C16H21N3O3/c1-12-15(13(2)22-18-12)11-17-16(20)19(3)9-10-21-14-7-5-4-6-8-14/h4-8H,9-11H2,1-3H3,(H,17,20). The van der Waals surface area contributed by atoms with E-state index in [1.165, 1.54) is 0 Å². The van der Waals surface area contributed by atoms with Crippen LogP contribution in [0.3, 0.4) is 0 Å². The number of benzene rings is 1. The normalized spacial score (nSPS) is 10.3. The van der Waals surface area contributed by atoms with E-state index in [2.05, 4.69) is 10.5 Å². The van der Waals surface area contributed by atoms with Crippen molar-refractivity contribution < 1.29 is 14.1 Å². The second kappa shape index (κ2) is 7.49. The second-order valence-corrected chi connectivity index (χ2v) is 5.04. The Balaban J connectivity index is 1.73. The van der Waals surface area contributed by atoms with Crippen molar-refractivity contribution in [2.45, 2.75) is 20.4 Å². The summed E-state index contributed by atoms with van der Waals surface area (Å²) in [6.07, 6.45) is 0. The Kier molecular flexibility index (Phi) is 5.41. The van der Waals surface area contributed by atoms with Crippen LogP contribution in [0.4, 0.5) is 4.79 Å². The molecule has 2 amide bonds. The molecule has 0 spiro atoms. The number of para-hydroxylation sites is 1. The number of carbonyl (C=O) groups excluding carboxylic acids is 1. The van der Waals surface area contributed by atoms with Crippen molar-refractivity contribution in [1.82, 2.24) is 15.4 Å². The molecule has 6 nitrogen and oxygen atoms in total. The summed E-state index contributed by atoms with van der Waals surface area (Å²) in [4.78, 5) is 13.6. The van der Waals surface area contributed by atoms with Crippen molar-refractivity contribution in [3.63, 3.8) is 0 Å². The molecule has 2 aromatic rings. The van der Waals surface area contributed by atoms with Crippen molar-refractivity contribution >= 4 is 6.03 Å². The minimum atomic E-state index is -0.156. The van der Waals surface area contributed by atoms with E-state index in [4.69, 9.17) is 9.26 Å². The van der Waals surface area contributed by atoms with Crippen molar-refractivity contribution in [1.29, 1.82) is 0 Å². The fraction of sp³-hybridized carbons (Fsp3) is 0.375. The number of likely N-dealkylation sites (N-methyl/N-ethyl adjacent to an activating group) is 1. The molecule has 0 radical (unpaired) electrons. The number of carbonyl (C=O) groups is 1. The predicted molar refractivity (Wildman–Crippen MR) is 82.8 cm³/mol. The average Bonchev–Trinajstić information content (AvgIpc) is 2.84. The zero-order chi connectivity index (χ0) is 15.9. The third kappa shape index (κ3) is 4.25.